The molecule has 1 aromatic carbocycles. The number of thiophene rings is 1. The number of carbonyl (C=O) groups is 1. The molecule has 0 atom stereocenters. The van der Waals surface area contributed by atoms with Gasteiger partial charge in [0.1, 0.15) is 12.4 Å². The van der Waals surface area contributed by atoms with Gasteiger partial charge in [-0.05, 0) is 34.5 Å². The van der Waals surface area contributed by atoms with Gasteiger partial charge < -0.3 is 9.30 Å². The molecule has 0 saturated heterocycles. The quantitative estimate of drug-likeness (QED) is 0.411. The molecule has 0 unspecified atom stereocenters. The summed E-state index contributed by atoms with van der Waals surface area (Å²) in [6, 6.07) is 14.8. The van der Waals surface area contributed by atoms with E-state index in [4.69, 9.17) is 4.74 Å². The number of aromatic nitrogens is 3. The van der Waals surface area contributed by atoms with Crippen LogP contribution in [0.2, 0.25) is 0 Å². The van der Waals surface area contributed by atoms with Crippen LogP contribution in [0.1, 0.15) is 16.2 Å². The number of hydrogen-bond acceptors (Lipinski definition) is 5. The van der Waals surface area contributed by atoms with Gasteiger partial charge in [0, 0.05) is 31.2 Å². The molecular formula is C23H17N3O3S. The second kappa shape index (κ2) is 7.27. The Kier molecular flexibility index (Phi) is 4.44. The highest BCUT2D eigenvalue weighted by Gasteiger charge is 2.20. The third-order valence-electron chi connectivity index (χ3n) is 5.11. The minimum absolute atomic E-state index is 0.0503. The highest BCUT2D eigenvalue weighted by molar-refractivity contribution is 7.18. The highest BCUT2D eigenvalue weighted by Crippen LogP contribution is 2.29. The summed E-state index contributed by atoms with van der Waals surface area (Å²) in [5.74, 6) is 0.152. The van der Waals surface area contributed by atoms with E-state index in [0.717, 1.165) is 15.6 Å². The number of nitrogens with zero attached hydrogens (tertiary/aromatic N) is 3. The predicted octanol–water partition coefficient (Wildman–Crippen LogP) is 4.27. The first kappa shape index (κ1) is 18.3. The van der Waals surface area contributed by atoms with E-state index in [1.54, 1.807) is 33.6 Å². The summed E-state index contributed by atoms with van der Waals surface area (Å²) in [6.07, 6.45) is 5.17. The van der Waals surface area contributed by atoms with Crippen molar-refractivity contribution in [3.8, 4) is 11.1 Å². The molecule has 5 rings (SSSR count). The fourth-order valence-corrected chi connectivity index (χ4v) is 4.47. The molecule has 5 aromatic rings. The first-order valence-electron chi connectivity index (χ1n) is 9.38. The molecule has 0 N–H and O–H groups in total. The Labute approximate surface area is 175 Å². The summed E-state index contributed by atoms with van der Waals surface area (Å²) in [7, 11) is 1.84. The zero-order chi connectivity index (χ0) is 20.7. The summed E-state index contributed by atoms with van der Waals surface area (Å²) in [4.78, 5) is 30.6. The monoisotopic (exact) mass is 415 g/mol. The molecule has 148 valence electrons. The number of rotatable bonds is 4. The number of benzene rings is 1. The van der Waals surface area contributed by atoms with Gasteiger partial charge in [0.15, 0.2) is 0 Å². The number of esters is 1. The molecule has 7 heteroatoms. The third kappa shape index (κ3) is 3.00. The van der Waals surface area contributed by atoms with E-state index in [1.165, 1.54) is 11.3 Å². The van der Waals surface area contributed by atoms with Crippen molar-refractivity contribution in [2.24, 2.45) is 7.05 Å². The molecule has 0 amide bonds. The van der Waals surface area contributed by atoms with Crippen molar-refractivity contribution in [3.05, 3.63) is 94.2 Å². The number of hydrogen-bond donors (Lipinski definition) is 0. The van der Waals surface area contributed by atoms with E-state index < -0.39 is 5.97 Å². The zero-order valence-electron chi connectivity index (χ0n) is 16.1. The lowest BCUT2D eigenvalue weighted by Crippen LogP contribution is -2.20. The van der Waals surface area contributed by atoms with E-state index in [1.807, 2.05) is 54.9 Å². The van der Waals surface area contributed by atoms with Gasteiger partial charge in [0.05, 0.1) is 15.8 Å². The number of fused-ring (bicyclic) bond motifs is 3. The summed E-state index contributed by atoms with van der Waals surface area (Å²) in [5.41, 5.74) is 1.95. The Bertz CT molecular complexity index is 1450. The van der Waals surface area contributed by atoms with Crippen LogP contribution in [0, 0.1) is 0 Å². The highest BCUT2D eigenvalue weighted by atomic mass is 32.1. The minimum atomic E-state index is -0.492. The fraction of sp³-hybridized carbons (Fsp3) is 0.0870. The van der Waals surface area contributed by atoms with Gasteiger partial charge in [-0.25, -0.2) is 9.78 Å². The topological polar surface area (TPSA) is 65.6 Å². The lowest BCUT2D eigenvalue weighted by atomic mass is 10.0. The molecule has 30 heavy (non-hydrogen) atoms. The number of aryl methyl sites for hydroxylation is 1. The smallest absolute Gasteiger partial charge is 0.340 e. The van der Waals surface area contributed by atoms with Gasteiger partial charge in [-0.1, -0.05) is 30.3 Å². The predicted molar refractivity (Wildman–Crippen MR) is 117 cm³/mol. The maximum atomic E-state index is 13.3. The van der Waals surface area contributed by atoms with Crippen LogP contribution in [0.4, 0.5) is 0 Å². The van der Waals surface area contributed by atoms with Crippen molar-refractivity contribution in [3.63, 3.8) is 0 Å². The molecule has 4 aromatic heterocycles. The SMILES string of the molecule is Cn1ccnc1COC(=O)c1cc(-c2ccccc2)c(=O)n2ccc3ccsc3c12. The van der Waals surface area contributed by atoms with Gasteiger partial charge in [0.25, 0.3) is 5.56 Å². The zero-order valence-corrected chi connectivity index (χ0v) is 16.9. The molecule has 4 heterocycles. The molecule has 6 nitrogen and oxygen atoms in total. The lowest BCUT2D eigenvalue weighted by Gasteiger charge is -2.12. The third-order valence-corrected chi connectivity index (χ3v) is 6.04. The van der Waals surface area contributed by atoms with Crippen LogP contribution in [0.5, 0.6) is 0 Å². The van der Waals surface area contributed by atoms with Crippen LogP contribution in [0.15, 0.2) is 77.3 Å². The number of ether oxygens (including phenoxy) is 1. The Balaban J connectivity index is 1.71. The minimum Gasteiger partial charge on any atom is -0.454 e. The standard InChI is InChI=1S/C23H17N3O3S/c1-25-11-9-24-19(25)14-29-23(28)18-13-17(15-5-3-2-4-6-15)22(27)26-10-7-16-8-12-30-21(16)20(18)26/h2-13H,14H2,1H3. The van der Waals surface area contributed by atoms with Gasteiger partial charge in [0.2, 0.25) is 0 Å². The number of pyridine rings is 2. The summed E-state index contributed by atoms with van der Waals surface area (Å²) in [5, 5.41) is 2.92. The summed E-state index contributed by atoms with van der Waals surface area (Å²) < 4.78 is 9.80. The van der Waals surface area contributed by atoms with Crippen molar-refractivity contribution in [2.75, 3.05) is 0 Å². The van der Waals surface area contributed by atoms with Crippen LogP contribution in [-0.2, 0) is 18.4 Å². The molecule has 0 saturated carbocycles. The van der Waals surface area contributed by atoms with E-state index in [0.29, 0.717) is 22.5 Å². The molecular weight excluding hydrogens is 398 g/mol. The number of carbonyl (C=O) groups excluding carboxylic acids is 1. The van der Waals surface area contributed by atoms with Gasteiger partial charge >= 0.3 is 5.97 Å². The Morgan fingerprint density at radius 3 is 2.73 bits per heavy atom. The Hall–Kier alpha value is -3.71. The first-order valence-corrected chi connectivity index (χ1v) is 10.3. The van der Waals surface area contributed by atoms with Crippen LogP contribution >= 0.6 is 11.3 Å². The molecule has 0 bridgehead atoms. The summed E-state index contributed by atoms with van der Waals surface area (Å²) in [6.45, 7) is 0.0503. The lowest BCUT2D eigenvalue weighted by molar-refractivity contribution is 0.0461. The van der Waals surface area contributed by atoms with Gasteiger partial charge in [-0.2, -0.15) is 0 Å². The molecule has 0 spiro atoms. The largest absolute Gasteiger partial charge is 0.454 e. The molecule has 0 aliphatic carbocycles. The number of imidazole rings is 1. The molecule has 0 radical (unpaired) electrons. The van der Waals surface area contributed by atoms with Crippen molar-refractivity contribution in [1.82, 2.24) is 14.0 Å². The average Bonchev–Trinajstić information content (AvgIpc) is 3.41. The maximum Gasteiger partial charge on any atom is 0.340 e. The van der Waals surface area contributed by atoms with Gasteiger partial charge in [-0.15, -0.1) is 11.3 Å². The van der Waals surface area contributed by atoms with E-state index in [9.17, 15) is 9.59 Å². The Morgan fingerprint density at radius 2 is 1.97 bits per heavy atom. The van der Waals surface area contributed by atoms with Crippen LogP contribution in [0.3, 0.4) is 0 Å². The van der Waals surface area contributed by atoms with Crippen molar-refractivity contribution >= 4 is 32.9 Å². The van der Waals surface area contributed by atoms with Crippen molar-refractivity contribution < 1.29 is 9.53 Å². The second-order valence-electron chi connectivity index (χ2n) is 6.91. The fourth-order valence-electron chi connectivity index (χ4n) is 3.53. The van der Waals surface area contributed by atoms with Crippen molar-refractivity contribution in [1.29, 1.82) is 0 Å². The molecule has 0 aliphatic heterocycles. The van der Waals surface area contributed by atoms with Crippen LogP contribution < -0.4 is 5.56 Å². The first-order chi connectivity index (χ1) is 14.6. The van der Waals surface area contributed by atoms with Crippen molar-refractivity contribution in [2.45, 2.75) is 6.61 Å². The summed E-state index contributed by atoms with van der Waals surface area (Å²) >= 11 is 1.49. The molecule has 0 aliphatic rings. The maximum absolute atomic E-state index is 13.3. The Morgan fingerprint density at radius 1 is 1.13 bits per heavy atom. The van der Waals surface area contributed by atoms with E-state index in [2.05, 4.69) is 4.98 Å². The van der Waals surface area contributed by atoms with E-state index in [-0.39, 0.29) is 12.2 Å². The normalized spacial score (nSPS) is 11.2. The van der Waals surface area contributed by atoms with E-state index >= 15 is 0 Å². The van der Waals surface area contributed by atoms with Gasteiger partial charge in [-0.3, -0.25) is 9.20 Å². The average molecular weight is 415 g/mol. The van der Waals surface area contributed by atoms with Crippen LogP contribution in [-0.4, -0.2) is 19.9 Å². The van der Waals surface area contributed by atoms with Crippen LogP contribution in [0.25, 0.3) is 26.7 Å². The molecule has 0 fully saturated rings. The second-order valence-corrected chi connectivity index (χ2v) is 7.83.